The number of carboxylic acids is 1. The van der Waals surface area contributed by atoms with Crippen LogP contribution in [0.5, 0.6) is 0 Å². The van der Waals surface area contributed by atoms with Gasteiger partial charge < -0.3 is 140 Å². The van der Waals surface area contributed by atoms with E-state index < -0.39 is 216 Å². The van der Waals surface area contributed by atoms with Gasteiger partial charge in [0.15, 0.2) is 25.2 Å². The quantitative estimate of drug-likeness (QED) is 0.0606. The Bertz CT molecular complexity index is 1660. The molecule has 5 aliphatic heterocycles. The van der Waals surface area contributed by atoms with Crippen molar-refractivity contribution >= 4 is 17.8 Å². The zero-order valence-electron chi connectivity index (χ0n) is 36.2. The van der Waals surface area contributed by atoms with E-state index in [4.69, 9.17) is 42.6 Å². The van der Waals surface area contributed by atoms with Gasteiger partial charge in [0.05, 0.1) is 45.2 Å². The van der Waals surface area contributed by atoms with Gasteiger partial charge in [-0.15, -0.1) is 0 Å². The minimum atomic E-state index is -3.17. The van der Waals surface area contributed by atoms with Crippen molar-refractivity contribution in [1.29, 1.82) is 0 Å². The topological polar surface area (TPSA) is 502 Å². The van der Waals surface area contributed by atoms with E-state index >= 15 is 0 Å². The number of hydrogen-bond acceptors (Lipinski definition) is 28. The summed E-state index contributed by atoms with van der Waals surface area (Å²) in [5, 5.41) is 185. The van der Waals surface area contributed by atoms with Gasteiger partial charge >= 0.3 is 5.97 Å². The summed E-state index contributed by atoms with van der Waals surface area (Å²) in [6, 6.07) is -3.49. The number of amides is 2. The number of carbonyl (C=O) groups excluding carboxylic acids is 2. The first kappa shape index (κ1) is 56.3. The van der Waals surface area contributed by atoms with Crippen LogP contribution in [-0.2, 0) is 57.0 Å². The average Bonchev–Trinajstić information content (AvgIpc) is 3.29. The Balaban J connectivity index is 1.43. The molecule has 0 bridgehead atoms. The molecule has 5 fully saturated rings. The molecule has 2 amide bonds. The van der Waals surface area contributed by atoms with Crippen LogP contribution in [-0.4, -0.2) is 297 Å². The minimum Gasteiger partial charge on any atom is -0.477 e. The van der Waals surface area contributed by atoms with Crippen LogP contribution >= 0.6 is 0 Å². The number of hydrogen-bond donors (Lipinski definition) is 19. The summed E-state index contributed by atoms with van der Waals surface area (Å²) in [4.78, 5) is 37.5. The molecule has 5 aliphatic rings. The lowest BCUT2D eigenvalue weighted by Gasteiger charge is -2.51. The average molecular weight is 999 g/mol. The van der Waals surface area contributed by atoms with Crippen molar-refractivity contribution in [2.75, 3.05) is 33.0 Å². The van der Waals surface area contributed by atoms with E-state index in [9.17, 15) is 101 Å². The molecule has 5 saturated heterocycles. The lowest BCUT2D eigenvalue weighted by molar-refractivity contribution is -0.392. The van der Waals surface area contributed by atoms with Gasteiger partial charge in [-0.05, 0) is 0 Å². The predicted molar refractivity (Wildman–Crippen MR) is 207 cm³/mol. The molecule has 0 spiro atoms. The summed E-state index contributed by atoms with van der Waals surface area (Å²) in [5.74, 6) is -6.94. The molecular formula is C37H62N2O29. The Hall–Kier alpha value is -2.59. The van der Waals surface area contributed by atoms with Crippen molar-refractivity contribution in [3.8, 4) is 0 Å². The molecule has 0 aromatic heterocycles. The maximum absolute atomic E-state index is 12.9. The zero-order chi connectivity index (χ0) is 50.7. The maximum atomic E-state index is 12.9. The molecule has 19 N–H and O–H groups in total. The number of carbonyl (C=O) groups is 3. The fraction of sp³-hybridized carbons (Fsp3) is 0.919. The van der Waals surface area contributed by atoms with Gasteiger partial charge in [-0.3, -0.25) is 9.59 Å². The van der Waals surface area contributed by atoms with Crippen molar-refractivity contribution in [2.24, 2.45) is 0 Å². The Morgan fingerprint density at radius 2 is 1.07 bits per heavy atom. The van der Waals surface area contributed by atoms with E-state index in [2.05, 4.69) is 10.6 Å². The number of aliphatic hydroxyl groups excluding tert-OH is 16. The normalized spacial score (nSPS) is 46.6. The Labute approximate surface area is 384 Å². The molecule has 0 aliphatic carbocycles. The van der Waals surface area contributed by atoms with Gasteiger partial charge in [0, 0.05) is 20.3 Å². The van der Waals surface area contributed by atoms with Crippen LogP contribution in [0.15, 0.2) is 0 Å². The molecule has 0 aromatic carbocycles. The monoisotopic (exact) mass is 998 g/mol. The largest absolute Gasteiger partial charge is 0.477 e. The molecule has 0 saturated carbocycles. The highest BCUT2D eigenvalue weighted by Crippen LogP contribution is 2.39. The van der Waals surface area contributed by atoms with Gasteiger partial charge in [0.25, 0.3) is 5.79 Å². The number of aliphatic carboxylic acids is 1. The van der Waals surface area contributed by atoms with Crippen molar-refractivity contribution in [1.82, 2.24) is 10.6 Å². The van der Waals surface area contributed by atoms with Crippen molar-refractivity contribution in [2.45, 2.75) is 179 Å². The molecule has 0 radical (unpaired) electrons. The van der Waals surface area contributed by atoms with Gasteiger partial charge in [-0.1, -0.05) is 0 Å². The fourth-order valence-corrected chi connectivity index (χ4v) is 8.53. The lowest BCUT2D eigenvalue weighted by atomic mass is 9.88. The highest BCUT2D eigenvalue weighted by Gasteiger charge is 2.61. The second-order valence-corrected chi connectivity index (χ2v) is 16.8. The van der Waals surface area contributed by atoms with Gasteiger partial charge in [0.2, 0.25) is 11.8 Å². The Morgan fingerprint density at radius 1 is 0.574 bits per heavy atom. The first-order valence-corrected chi connectivity index (χ1v) is 21.2. The maximum Gasteiger partial charge on any atom is 0.364 e. The van der Waals surface area contributed by atoms with E-state index in [1.165, 1.54) is 0 Å². The van der Waals surface area contributed by atoms with Crippen molar-refractivity contribution in [3.63, 3.8) is 0 Å². The van der Waals surface area contributed by atoms with E-state index in [-0.39, 0.29) is 0 Å². The molecule has 394 valence electrons. The molecule has 31 nitrogen and oxygen atoms in total. The molecule has 0 unspecified atom stereocenters. The summed E-state index contributed by atoms with van der Waals surface area (Å²) in [6.07, 6.45) is -47.3. The third kappa shape index (κ3) is 11.8. The van der Waals surface area contributed by atoms with E-state index in [0.717, 1.165) is 13.8 Å². The molecule has 5 rings (SSSR count). The van der Waals surface area contributed by atoms with Crippen molar-refractivity contribution in [3.05, 3.63) is 0 Å². The summed E-state index contributed by atoms with van der Waals surface area (Å²) in [5.41, 5.74) is 0. The number of rotatable bonds is 18. The Morgan fingerprint density at radius 3 is 1.62 bits per heavy atom. The molecule has 26 atom stereocenters. The lowest BCUT2D eigenvalue weighted by Crippen LogP contribution is -2.71. The van der Waals surface area contributed by atoms with Crippen LogP contribution in [0, 0.1) is 0 Å². The second kappa shape index (κ2) is 23.8. The molecular weight excluding hydrogens is 936 g/mol. The van der Waals surface area contributed by atoms with Crippen LogP contribution in [0.4, 0.5) is 0 Å². The van der Waals surface area contributed by atoms with Crippen molar-refractivity contribution < 1.29 is 144 Å². The number of carboxylic acid groups (broad SMARTS) is 1. The van der Waals surface area contributed by atoms with E-state index in [0.29, 0.717) is 0 Å². The standard InChI is InChI=1S/C37H62N2O29/c1-9(45)38-17-11(47)3-37(36(58)59,67-29(17)19(49)12(48)4-40)68-30-21(51)14(6-42)62-35(26(30)56)64-27-15(7-43)63-33(18(22(27)52)39-10(2)46)66-31-25(55)32(57)60-16(8-44)28(31)65-34-24(54)23(53)20(50)13(5-41)61-34/h11-35,40-44,47-57H,3-8H2,1-2H3,(H,38,45)(H,39,46)(H,58,59)/t11-,12+,13+,14+,15+,16+,17+,18+,19+,20+,21-,22+,23-,24+,25+,26+,27+,28-,29+,30-,31+,32+,33-,34-,35-,37-/m0/s1. The van der Waals surface area contributed by atoms with E-state index in [1.807, 2.05) is 0 Å². The summed E-state index contributed by atoms with van der Waals surface area (Å²) in [6.45, 7) is -3.26. The van der Waals surface area contributed by atoms with Crippen LogP contribution in [0.3, 0.4) is 0 Å². The minimum absolute atomic E-state index is 0.813. The number of ether oxygens (including phenoxy) is 9. The first-order chi connectivity index (χ1) is 32.0. The van der Waals surface area contributed by atoms with Gasteiger partial charge in [-0.2, -0.15) is 0 Å². The molecule has 5 heterocycles. The van der Waals surface area contributed by atoms with Crippen LogP contribution < -0.4 is 10.6 Å². The second-order valence-electron chi connectivity index (χ2n) is 16.8. The van der Waals surface area contributed by atoms with E-state index in [1.54, 1.807) is 0 Å². The van der Waals surface area contributed by atoms with Gasteiger partial charge in [-0.25, -0.2) is 4.79 Å². The summed E-state index contributed by atoms with van der Waals surface area (Å²) < 4.78 is 50.9. The number of nitrogens with one attached hydrogen (secondary N) is 2. The highest BCUT2D eigenvalue weighted by atomic mass is 16.8. The smallest absolute Gasteiger partial charge is 0.364 e. The summed E-state index contributed by atoms with van der Waals surface area (Å²) >= 11 is 0. The SMILES string of the molecule is CC(=O)N[C@H]1[C@H](O[C@@H]2[C@@H](O)[C@H](O)O[C@H](CO)[C@@H]2O[C@@H]2O[C@H](CO)[C@@H](O)[C@H](O)[C@H]2O)O[C@H](CO)[C@@H](O[C@@H]2O[C@H](CO)[C@H](O)[C@H](O[C@]3(C(=O)O)C[C@H](O)[C@@H](NC(C)=O)[C@H]([C@H](O)[C@H](O)CO)O3)[C@H]2O)[C@@H]1O. The predicted octanol–water partition coefficient (Wildman–Crippen LogP) is -12.4. The molecule has 0 aromatic rings. The number of aliphatic hydroxyl groups is 16. The Kier molecular flexibility index (Phi) is 19.7. The fourth-order valence-electron chi connectivity index (χ4n) is 8.53. The van der Waals surface area contributed by atoms with Crippen LogP contribution in [0.1, 0.15) is 20.3 Å². The van der Waals surface area contributed by atoms with Gasteiger partial charge in [0.1, 0.15) is 116 Å². The zero-order valence-corrected chi connectivity index (χ0v) is 36.2. The first-order valence-electron chi connectivity index (χ1n) is 21.2. The van der Waals surface area contributed by atoms with Crippen LogP contribution in [0.2, 0.25) is 0 Å². The molecule has 68 heavy (non-hydrogen) atoms. The molecule has 31 heteroatoms. The highest BCUT2D eigenvalue weighted by molar-refractivity contribution is 5.76. The third-order valence-corrected chi connectivity index (χ3v) is 12.1. The summed E-state index contributed by atoms with van der Waals surface area (Å²) in [7, 11) is 0. The third-order valence-electron chi connectivity index (χ3n) is 12.1. The van der Waals surface area contributed by atoms with Crippen LogP contribution in [0.25, 0.3) is 0 Å².